The Hall–Kier alpha value is -2.73. The van der Waals surface area contributed by atoms with Gasteiger partial charge >= 0.3 is 0 Å². The number of hydrogen-bond acceptors (Lipinski definition) is 4. The van der Waals surface area contributed by atoms with Gasteiger partial charge in [-0.15, -0.1) is 0 Å². The molecule has 0 amide bonds. The third kappa shape index (κ3) is 3.22. The molecule has 2 aromatic carbocycles. The Labute approximate surface area is 133 Å². The van der Waals surface area contributed by atoms with Crippen molar-refractivity contribution in [1.82, 2.24) is 14.9 Å². The molecule has 0 radical (unpaired) electrons. The van der Waals surface area contributed by atoms with Crippen LogP contribution in [-0.4, -0.2) is 21.0 Å². The third-order valence-corrected chi connectivity index (χ3v) is 3.86. The van der Waals surface area contributed by atoms with E-state index in [0.717, 1.165) is 23.4 Å². The number of aryl methyl sites for hydroxylation is 1. The second kappa shape index (κ2) is 6.58. The molecule has 23 heavy (non-hydrogen) atoms. The second-order valence-electron chi connectivity index (χ2n) is 5.36. The molecule has 1 aromatic heterocycles. The number of rotatable bonds is 6. The lowest BCUT2D eigenvalue weighted by Gasteiger charge is -2.09. The van der Waals surface area contributed by atoms with Crippen molar-refractivity contribution >= 4 is 16.7 Å². The van der Waals surface area contributed by atoms with E-state index in [4.69, 9.17) is 0 Å². The number of nitrogens with one attached hydrogen (secondary N) is 1. The molecule has 0 fully saturated rings. The molecule has 0 aliphatic carbocycles. The van der Waals surface area contributed by atoms with Gasteiger partial charge in [-0.3, -0.25) is 10.1 Å². The first-order chi connectivity index (χ1) is 11.2. The van der Waals surface area contributed by atoms with Crippen molar-refractivity contribution in [2.24, 2.45) is 0 Å². The summed E-state index contributed by atoms with van der Waals surface area (Å²) < 4.78 is 2.15. The van der Waals surface area contributed by atoms with Gasteiger partial charge in [0.1, 0.15) is 5.82 Å². The van der Waals surface area contributed by atoms with Gasteiger partial charge < -0.3 is 9.88 Å². The normalized spacial score (nSPS) is 11.0. The molecule has 3 aromatic rings. The standard InChI is InChI=1S/C17H18N4O2/c1-13-19-15-7-3-5-9-17(15)20(13)11-10-18-12-14-6-2-4-8-16(14)21(22)23/h2-9,18H,10-12H2,1H3. The lowest BCUT2D eigenvalue weighted by Crippen LogP contribution is -2.20. The van der Waals surface area contributed by atoms with Crippen LogP contribution in [-0.2, 0) is 13.1 Å². The molecule has 0 spiro atoms. The number of aromatic nitrogens is 2. The van der Waals surface area contributed by atoms with Crippen molar-refractivity contribution < 1.29 is 4.92 Å². The molecule has 0 aliphatic rings. The Kier molecular flexibility index (Phi) is 4.34. The van der Waals surface area contributed by atoms with Crippen molar-refractivity contribution in [2.75, 3.05) is 6.54 Å². The molecular formula is C17H18N4O2. The van der Waals surface area contributed by atoms with E-state index in [1.54, 1.807) is 12.1 Å². The Morgan fingerprint density at radius 3 is 2.74 bits per heavy atom. The molecular weight excluding hydrogens is 292 g/mol. The van der Waals surface area contributed by atoms with Crippen LogP contribution in [0.2, 0.25) is 0 Å². The zero-order valence-electron chi connectivity index (χ0n) is 12.9. The fourth-order valence-corrected chi connectivity index (χ4v) is 2.73. The van der Waals surface area contributed by atoms with E-state index in [-0.39, 0.29) is 10.6 Å². The number of hydrogen-bond donors (Lipinski definition) is 1. The number of imidazole rings is 1. The zero-order chi connectivity index (χ0) is 16.2. The van der Waals surface area contributed by atoms with E-state index in [9.17, 15) is 10.1 Å². The first-order valence-electron chi connectivity index (χ1n) is 7.51. The van der Waals surface area contributed by atoms with Crippen LogP contribution in [0.25, 0.3) is 11.0 Å². The quantitative estimate of drug-likeness (QED) is 0.431. The lowest BCUT2D eigenvalue weighted by molar-refractivity contribution is -0.385. The number of nitro benzene ring substituents is 1. The Balaban J connectivity index is 1.64. The molecule has 118 valence electrons. The molecule has 0 saturated heterocycles. The van der Waals surface area contributed by atoms with Crippen LogP contribution >= 0.6 is 0 Å². The Morgan fingerprint density at radius 2 is 1.91 bits per heavy atom. The summed E-state index contributed by atoms with van der Waals surface area (Å²) in [5, 5.41) is 14.3. The van der Waals surface area contributed by atoms with E-state index in [1.807, 2.05) is 31.2 Å². The minimum Gasteiger partial charge on any atom is -0.327 e. The van der Waals surface area contributed by atoms with Gasteiger partial charge in [-0.1, -0.05) is 30.3 Å². The number of nitro groups is 1. The van der Waals surface area contributed by atoms with Crippen molar-refractivity contribution in [3.63, 3.8) is 0 Å². The number of nitrogens with zero attached hydrogens (tertiary/aromatic N) is 3. The van der Waals surface area contributed by atoms with E-state index < -0.39 is 0 Å². The van der Waals surface area contributed by atoms with E-state index in [1.165, 1.54) is 6.07 Å². The van der Waals surface area contributed by atoms with Gasteiger partial charge in [0.15, 0.2) is 0 Å². The van der Waals surface area contributed by atoms with Crippen LogP contribution < -0.4 is 5.32 Å². The Morgan fingerprint density at radius 1 is 1.17 bits per heavy atom. The first-order valence-corrected chi connectivity index (χ1v) is 7.51. The average Bonchev–Trinajstić information content (AvgIpc) is 2.87. The van der Waals surface area contributed by atoms with Crippen LogP contribution in [0.1, 0.15) is 11.4 Å². The van der Waals surface area contributed by atoms with Crippen LogP contribution in [0.5, 0.6) is 0 Å². The molecule has 6 heteroatoms. The van der Waals surface area contributed by atoms with Gasteiger partial charge in [0, 0.05) is 31.3 Å². The van der Waals surface area contributed by atoms with Gasteiger partial charge in [0.2, 0.25) is 0 Å². The van der Waals surface area contributed by atoms with Crippen LogP contribution in [0.3, 0.4) is 0 Å². The van der Waals surface area contributed by atoms with E-state index in [0.29, 0.717) is 18.7 Å². The molecule has 1 N–H and O–H groups in total. The highest BCUT2D eigenvalue weighted by Crippen LogP contribution is 2.17. The average molecular weight is 310 g/mol. The first kappa shape index (κ1) is 15.2. The summed E-state index contributed by atoms with van der Waals surface area (Å²) in [6.45, 7) is 3.95. The smallest absolute Gasteiger partial charge is 0.273 e. The van der Waals surface area contributed by atoms with E-state index >= 15 is 0 Å². The highest BCUT2D eigenvalue weighted by molar-refractivity contribution is 5.75. The van der Waals surface area contributed by atoms with Crippen LogP contribution in [0.15, 0.2) is 48.5 Å². The van der Waals surface area contributed by atoms with Gasteiger partial charge in [-0.25, -0.2) is 4.98 Å². The second-order valence-corrected chi connectivity index (χ2v) is 5.36. The van der Waals surface area contributed by atoms with Crippen molar-refractivity contribution in [3.05, 3.63) is 70.0 Å². The van der Waals surface area contributed by atoms with Gasteiger partial charge in [-0.05, 0) is 19.1 Å². The summed E-state index contributed by atoms with van der Waals surface area (Å²) in [5.74, 6) is 0.971. The minimum absolute atomic E-state index is 0.157. The summed E-state index contributed by atoms with van der Waals surface area (Å²) in [6, 6.07) is 14.8. The van der Waals surface area contributed by atoms with Crippen molar-refractivity contribution in [1.29, 1.82) is 0 Å². The van der Waals surface area contributed by atoms with E-state index in [2.05, 4.69) is 20.9 Å². The van der Waals surface area contributed by atoms with Crippen molar-refractivity contribution in [3.8, 4) is 0 Å². The monoisotopic (exact) mass is 310 g/mol. The maximum Gasteiger partial charge on any atom is 0.273 e. The molecule has 0 aliphatic heterocycles. The lowest BCUT2D eigenvalue weighted by atomic mass is 10.2. The van der Waals surface area contributed by atoms with Gasteiger partial charge in [0.05, 0.1) is 16.0 Å². The fraction of sp³-hybridized carbons (Fsp3) is 0.235. The van der Waals surface area contributed by atoms with Crippen LogP contribution in [0.4, 0.5) is 5.69 Å². The molecule has 3 rings (SSSR count). The van der Waals surface area contributed by atoms with Crippen LogP contribution in [0, 0.1) is 17.0 Å². The summed E-state index contributed by atoms with van der Waals surface area (Å²) in [5.41, 5.74) is 2.95. The highest BCUT2D eigenvalue weighted by Gasteiger charge is 2.11. The predicted octanol–water partition coefficient (Wildman–Crippen LogP) is 3.04. The largest absolute Gasteiger partial charge is 0.327 e. The summed E-state index contributed by atoms with van der Waals surface area (Å²) >= 11 is 0. The number of para-hydroxylation sites is 3. The Bertz CT molecular complexity index is 841. The molecule has 0 bridgehead atoms. The number of fused-ring (bicyclic) bond motifs is 1. The van der Waals surface area contributed by atoms with Gasteiger partial charge in [0.25, 0.3) is 5.69 Å². The zero-order valence-corrected chi connectivity index (χ0v) is 12.9. The van der Waals surface area contributed by atoms with Gasteiger partial charge in [-0.2, -0.15) is 0 Å². The maximum atomic E-state index is 11.0. The predicted molar refractivity (Wildman–Crippen MR) is 89.3 cm³/mol. The molecule has 0 saturated carbocycles. The minimum atomic E-state index is -0.343. The fourth-order valence-electron chi connectivity index (χ4n) is 2.73. The summed E-state index contributed by atoms with van der Waals surface area (Å²) in [7, 11) is 0. The molecule has 6 nitrogen and oxygen atoms in total. The molecule has 0 atom stereocenters. The number of benzene rings is 2. The maximum absolute atomic E-state index is 11.0. The SMILES string of the molecule is Cc1nc2ccccc2n1CCNCc1ccccc1[N+](=O)[O-]. The third-order valence-electron chi connectivity index (χ3n) is 3.86. The molecule has 1 heterocycles. The topological polar surface area (TPSA) is 73.0 Å². The highest BCUT2D eigenvalue weighted by atomic mass is 16.6. The molecule has 0 unspecified atom stereocenters. The summed E-state index contributed by atoms with van der Waals surface area (Å²) in [4.78, 5) is 15.2. The van der Waals surface area contributed by atoms with Crippen molar-refractivity contribution in [2.45, 2.75) is 20.0 Å². The summed E-state index contributed by atoms with van der Waals surface area (Å²) in [6.07, 6.45) is 0.